The van der Waals surface area contributed by atoms with E-state index in [-0.39, 0.29) is 0 Å². The zero-order valence-electron chi connectivity index (χ0n) is 5.98. The van der Waals surface area contributed by atoms with Crippen molar-refractivity contribution >= 4 is 12.6 Å². The fourth-order valence-electron chi connectivity index (χ4n) is 0.204. The van der Waals surface area contributed by atoms with Gasteiger partial charge in [-0.3, -0.25) is 0 Å². The van der Waals surface area contributed by atoms with Gasteiger partial charge in [0.15, 0.2) is 0 Å². The zero-order chi connectivity index (χ0) is 6.83. The molecule has 1 nitrogen and oxygen atoms in total. The van der Waals surface area contributed by atoms with Gasteiger partial charge in [-0.1, -0.05) is 6.92 Å². The lowest BCUT2D eigenvalue weighted by Gasteiger charge is -1.86. The summed E-state index contributed by atoms with van der Waals surface area (Å²) in [5.41, 5.74) is 0. The third-order valence-electron chi connectivity index (χ3n) is 0.408. The molecule has 0 saturated carbocycles. The standard InChI is InChI=1S/C4H10O.C2H6S/c1-3-5-4-2;1-2-3/h3-4H2,1-2H3;3H,2H2,1H3. The molecule has 0 unspecified atom stereocenters. The van der Waals surface area contributed by atoms with Crippen LogP contribution in [0.4, 0.5) is 0 Å². The maximum Gasteiger partial charge on any atom is 0.0437 e. The van der Waals surface area contributed by atoms with Gasteiger partial charge < -0.3 is 4.74 Å². The molecule has 0 fully saturated rings. The van der Waals surface area contributed by atoms with Crippen LogP contribution >= 0.6 is 12.6 Å². The van der Waals surface area contributed by atoms with Crippen molar-refractivity contribution in [1.29, 1.82) is 0 Å². The highest BCUT2D eigenvalue weighted by atomic mass is 32.1. The Hall–Kier alpha value is 0.310. The second kappa shape index (κ2) is 15.7. The Balaban J connectivity index is 0. The molecular formula is C6H16OS. The van der Waals surface area contributed by atoms with Crippen LogP contribution in [-0.4, -0.2) is 19.0 Å². The van der Waals surface area contributed by atoms with E-state index < -0.39 is 0 Å². The summed E-state index contributed by atoms with van der Waals surface area (Å²) in [6, 6.07) is 0. The van der Waals surface area contributed by atoms with Crippen molar-refractivity contribution < 1.29 is 4.74 Å². The van der Waals surface area contributed by atoms with E-state index >= 15 is 0 Å². The number of hydrogen-bond donors (Lipinski definition) is 1. The highest BCUT2D eigenvalue weighted by Gasteiger charge is 1.64. The van der Waals surface area contributed by atoms with Gasteiger partial charge >= 0.3 is 0 Å². The van der Waals surface area contributed by atoms with Crippen LogP contribution < -0.4 is 0 Å². The van der Waals surface area contributed by atoms with Crippen molar-refractivity contribution in [2.75, 3.05) is 19.0 Å². The van der Waals surface area contributed by atoms with Gasteiger partial charge in [0.2, 0.25) is 0 Å². The third kappa shape index (κ3) is 33.3. The number of thiol groups is 1. The van der Waals surface area contributed by atoms with Crippen molar-refractivity contribution in [3.8, 4) is 0 Å². The van der Waals surface area contributed by atoms with Crippen LogP contribution in [0.1, 0.15) is 20.8 Å². The van der Waals surface area contributed by atoms with Crippen LogP contribution in [0.3, 0.4) is 0 Å². The van der Waals surface area contributed by atoms with Crippen LogP contribution in [0.2, 0.25) is 0 Å². The van der Waals surface area contributed by atoms with E-state index in [4.69, 9.17) is 4.74 Å². The van der Waals surface area contributed by atoms with Crippen LogP contribution in [-0.2, 0) is 4.74 Å². The molecule has 52 valence electrons. The van der Waals surface area contributed by atoms with Gasteiger partial charge in [-0.15, -0.1) is 0 Å². The summed E-state index contributed by atoms with van der Waals surface area (Å²) in [5, 5.41) is 0. The fourth-order valence-corrected chi connectivity index (χ4v) is 0.204. The average Bonchev–Trinajstić information content (AvgIpc) is 1.71. The van der Waals surface area contributed by atoms with E-state index in [1.54, 1.807) is 0 Å². The van der Waals surface area contributed by atoms with E-state index in [0.29, 0.717) is 0 Å². The van der Waals surface area contributed by atoms with Crippen LogP contribution in [0, 0.1) is 0 Å². The van der Waals surface area contributed by atoms with E-state index in [1.165, 1.54) is 0 Å². The van der Waals surface area contributed by atoms with Crippen LogP contribution in [0.5, 0.6) is 0 Å². The normalized spacial score (nSPS) is 7.50. The average molecular weight is 136 g/mol. The number of hydrogen-bond acceptors (Lipinski definition) is 2. The molecule has 0 atom stereocenters. The first-order valence-electron chi connectivity index (χ1n) is 3.01. The Morgan fingerprint density at radius 2 is 1.38 bits per heavy atom. The molecule has 0 aliphatic rings. The highest BCUT2D eigenvalue weighted by Crippen LogP contribution is 1.64. The molecule has 0 aromatic carbocycles. The largest absolute Gasteiger partial charge is 0.382 e. The molecule has 0 aromatic rings. The van der Waals surface area contributed by atoms with Crippen molar-refractivity contribution in [2.45, 2.75) is 20.8 Å². The molecule has 0 bridgehead atoms. The summed E-state index contributed by atoms with van der Waals surface area (Å²) in [5.74, 6) is 0.944. The van der Waals surface area contributed by atoms with Crippen LogP contribution in [0.25, 0.3) is 0 Å². The predicted octanol–water partition coefficient (Wildman–Crippen LogP) is 1.98. The number of rotatable bonds is 2. The lowest BCUT2D eigenvalue weighted by Crippen LogP contribution is -1.84. The van der Waals surface area contributed by atoms with Crippen molar-refractivity contribution in [1.82, 2.24) is 0 Å². The minimum absolute atomic E-state index is 0.844. The molecule has 0 spiro atoms. The van der Waals surface area contributed by atoms with E-state index in [1.807, 2.05) is 20.8 Å². The molecule has 8 heavy (non-hydrogen) atoms. The van der Waals surface area contributed by atoms with Crippen molar-refractivity contribution in [2.24, 2.45) is 0 Å². The smallest absolute Gasteiger partial charge is 0.0437 e. The van der Waals surface area contributed by atoms with E-state index in [9.17, 15) is 0 Å². The van der Waals surface area contributed by atoms with Gasteiger partial charge in [0.1, 0.15) is 0 Å². The Kier molecular flexibility index (Phi) is 21.8. The van der Waals surface area contributed by atoms with Gasteiger partial charge in [-0.25, -0.2) is 0 Å². The van der Waals surface area contributed by atoms with Crippen molar-refractivity contribution in [3.63, 3.8) is 0 Å². The molecule has 2 heteroatoms. The first-order valence-corrected chi connectivity index (χ1v) is 3.65. The van der Waals surface area contributed by atoms with Crippen LogP contribution in [0.15, 0.2) is 0 Å². The lowest BCUT2D eigenvalue weighted by atomic mass is 10.8. The molecule has 0 heterocycles. The van der Waals surface area contributed by atoms with E-state index in [0.717, 1.165) is 19.0 Å². The summed E-state index contributed by atoms with van der Waals surface area (Å²) < 4.78 is 4.83. The Morgan fingerprint density at radius 1 is 1.12 bits per heavy atom. The molecule has 0 amide bonds. The summed E-state index contributed by atoms with van der Waals surface area (Å²) in [6.07, 6.45) is 0. The first kappa shape index (κ1) is 11.2. The van der Waals surface area contributed by atoms with Gasteiger partial charge in [0.05, 0.1) is 0 Å². The molecule has 0 rings (SSSR count). The summed E-state index contributed by atoms with van der Waals surface area (Å²) >= 11 is 3.79. The predicted molar refractivity (Wildman–Crippen MR) is 41.7 cm³/mol. The Morgan fingerprint density at radius 3 is 1.38 bits per heavy atom. The van der Waals surface area contributed by atoms with Gasteiger partial charge in [0, 0.05) is 13.2 Å². The first-order chi connectivity index (χ1) is 3.83. The molecule has 0 saturated heterocycles. The maximum absolute atomic E-state index is 4.83. The quantitative estimate of drug-likeness (QED) is 0.571. The monoisotopic (exact) mass is 136 g/mol. The minimum Gasteiger partial charge on any atom is -0.382 e. The molecule has 0 N–H and O–H groups in total. The summed E-state index contributed by atoms with van der Waals surface area (Å²) in [4.78, 5) is 0. The molecule has 0 aliphatic heterocycles. The molecular weight excluding hydrogens is 120 g/mol. The third-order valence-corrected chi connectivity index (χ3v) is 0.408. The maximum atomic E-state index is 4.83. The minimum atomic E-state index is 0.844. The van der Waals surface area contributed by atoms with Gasteiger partial charge in [-0.2, -0.15) is 12.6 Å². The molecule has 0 aliphatic carbocycles. The SMILES string of the molecule is CCOCC.CCS. The zero-order valence-corrected chi connectivity index (χ0v) is 6.87. The van der Waals surface area contributed by atoms with Crippen molar-refractivity contribution in [3.05, 3.63) is 0 Å². The Labute approximate surface area is 57.8 Å². The Bertz CT molecular complexity index is 22.5. The summed E-state index contributed by atoms with van der Waals surface area (Å²) in [7, 11) is 0. The molecule has 0 radical (unpaired) electrons. The lowest BCUT2D eigenvalue weighted by molar-refractivity contribution is 0.162. The summed E-state index contributed by atoms with van der Waals surface area (Å²) in [6.45, 7) is 7.66. The number of ether oxygens (including phenoxy) is 1. The topological polar surface area (TPSA) is 9.23 Å². The molecule has 0 aromatic heterocycles. The second-order valence-electron chi connectivity index (χ2n) is 1.10. The van der Waals surface area contributed by atoms with Gasteiger partial charge in [-0.05, 0) is 19.6 Å². The van der Waals surface area contributed by atoms with Gasteiger partial charge in [0.25, 0.3) is 0 Å². The second-order valence-corrected chi connectivity index (χ2v) is 1.73. The van der Waals surface area contributed by atoms with E-state index in [2.05, 4.69) is 12.6 Å². The highest BCUT2D eigenvalue weighted by molar-refractivity contribution is 7.80. The fraction of sp³-hybridized carbons (Fsp3) is 1.00.